The number of nitrogens with one attached hydrogen (secondary N) is 3. The smallest absolute Gasteiger partial charge is 0.354 e. The van der Waals surface area contributed by atoms with Gasteiger partial charge in [-0.05, 0) is 62.2 Å². The van der Waals surface area contributed by atoms with E-state index < -0.39 is 12.0 Å². The summed E-state index contributed by atoms with van der Waals surface area (Å²) in [6.45, 7) is 4.45. The zero-order valence-electron chi connectivity index (χ0n) is 17.6. The molecule has 0 aliphatic rings. The van der Waals surface area contributed by atoms with E-state index in [1.807, 2.05) is 24.3 Å². The Labute approximate surface area is 181 Å². The first kappa shape index (κ1) is 21.9. The van der Waals surface area contributed by atoms with Gasteiger partial charge in [0.2, 0.25) is 5.91 Å². The minimum atomic E-state index is -0.693. The van der Waals surface area contributed by atoms with Crippen molar-refractivity contribution in [3.05, 3.63) is 59.8 Å². The number of nitrogens with two attached hydrogens (primary N) is 1. The summed E-state index contributed by atoms with van der Waals surface area (Å²) in [5, 5.41) is 6.83. The van der Waals surface area contributed by atoms with Crippen LogP contribution in [0.15, 0.2) is 48.5 Å². The van der Waals surface area contributed by atoms with Crippen LogP contribution < -0.4 is 16.4 Å². The van der Waals surface area contributed by atoms with Gasteiger partial charge in [0.1, 0.15) is 5.69 Å². The minimum absolute atomic E-state index is 0.277. The number of H-pyrrole nitrogens is 1. The molecule has 0 bridgehead atoms. The second kappa shape index (κ2) is 10.3. The Bertz CT molecular complexity index is 1120. The molecule has 1 heterocycles. The highest BCUT2D eigenvalue weighted by molar-refractivity contribution is 5.99. The highest BCUT2D eigenvalue weighted by Gasteiger charge is 2.15. The molecule has 1 unspecified atom stereocenters. The summed E-state index contributed by atoms with van der Waals surface area (Å²) < 4.78 is 5.01. The maximum Gasteiger partial charge on any atom is 0.354 e. The summed E-state index contributed by atoms with van der Waals surface area (Å²) in [5.74, 6) is 5.09. The largest absolute Gasteiger partial charge is 0.461 e. The van der Waals surface area contributed by atoms with E-state index in [2.05, 4.69) is 27.5 Å². The molecular weight excluding hydrogens is 392 g/mol. The van der Waals surface area contributed by atoms with E-state index in [0.717, 1.165) is 22.2 Å². The summed E-state index contributed by atoms with van der Waals surface area (Å²) in [5.41, 5.74) is 9.81. The van der Waals surface area contributed by atoms with E-state index in [4.69, 9.17) is 10.5 Å². The average Bonchev–Trinajstić information content (AvgIpc) is 3.19. The molecule has 2 aromatic carbocycles. The van der Waals surface area contributed by atoms with Gasteiger partial charge in [-0.25, -0.2) is 4.79 Å². The molecule has 0 spiro atoms. The first-order chi connectivity index (χ1) is 15.0. The van der Waals surface area contributed by atoms with E-state index in [0.29, 0.717) is 31.0 Å². The van der Waals surface area contributed by atoms with Crippen molar-refractivity contribution in [1.29, 1.82) is 0 Å². The first-order valence-corrected chi connectivity index (χ1v) is 10.1. The molecule has 1 aromatic heterocycles. The molecule has 0 aliphatic heterocycles. The van der Waals surface area contributed by atoms with E-state index >= 15 is 0 Å². The van der Waals surface area contributed by atoms with Crippen LogP contribution in [0.5, 0.6) is 0 Å². The Morgan fingerprint density at radius 1 is 1.13 bits per heavy atom. The predicted molar refractivity (Wildman–Crippen MR) is 123 cm³/mol. The van der Waals surface area contributed by atoms with Gasteiger partial charge in [-0.2, -0.15) is 0 Å². The number of aromatic nitrogens is 1. The normalized spacial score (nSPS) is 11.3. The maximum atomic E-state index is 12.5. The van der Waals surface area contributed by atoms with E-state index in [9.17, 15) is 9.59 Å². The van der Waals surface area contributed by atoms with Crippen molar-refractivity contribution in [3.63, 3.8) is 0 Å². The lowest BCUT2D eigenvalue weighted by molar-refractivity contribution is -0.117. The van der Waals surface area contributed by atoms with Crippen LogP contribution in [-0.4, -0.2) is 36.1 Å². The van der Waals surface area contributed by atoms with Gasteiger partial charge in [0.25, 0.3) is 0 Å². The number of ether oxygens (including phenoxy) is 1. The zero-order chi connectivity index (χ0) is 22.2. The van der Waals surface area contributed by atoms with Crippen molar-refractivity contribution in [2.75, 3.05) is 23.8 Å². The van der Waals surface area contributed by atoms with Gasteiger partial charge in [-0.3, -0.25) is 4.79 Å². The van der Waals surface area contributed by atoms with Crippen molar-refractivity contribution in [3.8, 4) is 11.8 Å². The van der Waals surface area contributed by atoms with Crippen LogP contribution in [0.25, 0.3) is 10.9 Å². The molecule has 0 radical (unpaired) electrons. The van der Waals surface area contributed by atoms with Crippen LogP contribution in [0, 0.1) is 11.8 Å². The third-order valence-corrected chi connectivity index (χ3v) is 4.69. The summed E-state index contributed by atoms with van der Waals surface area (Å²) in [6, 6.07) is 14.1. The summed E-state index contributed by atoms with van der Waals surface area (Å²) in [6.07, 6.45) is 0.417. The van der Waals surface area contributed by atoms with Crippen LogP contribution in [0.4, 0.5) is 11.4 Å². The lowest BCUT2D eigenvalue weighted by atomic mass is 10.1. The van der Waals surface area contributed by atoms with E-state index in [1.165, 1.54) is 0 Å². The van der Waals surface area contributed by atoms with Gasteiger partial charge < -0.3 is 26.1 Å². The number of aromatic amines is 1. The molecule has 7 heteroatoms. The van der Waals surface area contributed by atoms with E-state index in [1.54, 1.807) is 38.1 Å². The number of benzene rings is 2. The second-order valence-electron chi connectivity index (χ2n) is 6.98. The number of hydrogen-bond acceptors (Lipinski definition) is 5. The molecule has 1 amide bonds. The fraction of sp³-hybridized carbons (Fsp3) is 0.250. The molecular formula is C24H26N4O3. The third-order valence-electron chi connectivity index (χ3n) is 4.69. The second-order valence-corrected chi connectivity index (χ2v) is 6.98. The Morgan fingerprint density at radius 2 is 1.87 bits per heavy atom. The quantitative estimate of drug-likeness (QED) is 0.332. The summed E-state index contributed by atoms with van der Waals surface area (Å²) in [7, 11) is 0. The molecule has 0 fully saturated rings. The zero-order valence-corrected chi connectivity index (χ0v) is 17.6. The number of anilines is 2. The third kappa shape index (κ3) is 5.87. The molecule has 7 nitrogen and oxygen atoms in total. The van der Waals surface area contributed by atoms with Crippen molar-refractivity contribution in [2.45, 2.75) is 26.3 Å². The number of carbonyl (C=O) groups is 2. The highest BCUT2D eigenvalue weighted by atomic mass is 16.5. The number of carbonyl (C=O) groups excluding carboxylic acids is 2. The van der Waals surface area contributed by atoms with Crippen LogP contribution in [0.3, 0.4) is 0 Å². The Hall–Kier alpha value is -3.76. The molecule has 31 heavy (non-hydrogen) atoms. The number of esters is 1. The minimum Gasteiger partial charge on any atom is -0.461 e. The standard InChI is InChI=1S/C24H26N4O3/c1-3-5-12-26-18-8-6-16(7-9-18)13-20(25)23(29)27-19-10-11-21-17(14-19)15-22(28-21)24(30)31-4-2/h6-11,14-15,20,26,28H,4,12-13,25H2,1-2H3,(H,27,29). The van der Waals surface area contributed by atoms with Gasteiger partial charge in [0.15, 0.2) is 0 Å². The monoisotopic (exact) mass is 418 g/mol. The fourth-order valence-corrected chi connectivity index (χ4v) is 3.10. The molecule has 160 valence electrons. The Morgan fingerprint density at radius 3 is 2.58 bits per heavy atom. The van der Waals surface area contributed by atoms with Crippen molar-refractivity contribution >= 4 is 34.2 Å². The number of hydrogen-bond donors (Lipinski definition) is 4. The Balaban J connectivity index is 1.60. The fourth-order valence-electron chi connectivity index (χ4n) is 3.10. The molecule has 0 aliphatic carbocycles. The summed E-state index contributed by atoms with van der Waals surface area (Å²) in [4.78, 5) is 27.4. The number of fused-ring (bicyclic) bond motifs is 1. The van der Waals surface area contributed by atoms with Gasteiger partial charge in [0, 0.05) is 22.3 Å². The number of rotatable bonds is 8. The highest BCUT2D eigenvalue weighted by Crippen LogP contribution is 2.21. The van der Waals surface area contributed by atoms with Gasteiger partial charge in [0.05, 0.1) is 19.2 Å². The SMILES string of the molecule is CC#CCNc1ccc(CC(N)C(=O)Nc2ccc3[nH]c(C(=O)OCC)cc3c2)cc1. The average molecular weight is 418 g/mol. The van der Waals surface area contributed by atoms with Crippen molar-refractivity contribution < 1.29 is 14.3 Å². The molecule has 0 saturated heterocycles. The summed E-state index contributed by atoms with van der Waals surface area (Å²) >= 11 is 0. The molecule has 3 rings (SSSR count). The Kier molecular flexibility index (Phi) is 7.31. The maximum absolute atomic E-state index is 12.5. The number of amides is 1. The first-order valence-electron chi connectivity index (χ1n) is 10.1. The van der Waals surface area contributed by atoms with Crippen LogP contribution in [0.2, 0.25) is 0 Å². The van der Waals surface area contributed by atoms with Crippen LogP contribution in [-0.2, 0) is 16.0 Å². The topological polar surface area (TPSA) is 109 Å². The van der Waals surface area contributed by atoms with Crippen molar-refractivity contribution in [1.82, 2.24) is 4.98 Å². The van der Waals surface area contributed by atoms with Gasteiger partial charge >= 0.3 is 5.97 Å². The van der Waals surface area contributed by atoms with Gasteiger partial charge in [-0.1, -0.05) is 18.1 Å². The van der Waals surface area contributed by atoms with Crippen molar-refractivity contribution in [2.24, 2.45) is 5.73 Å². The predicted octanol–water partition coefficient (Wildman–Crippen LogP) is 3.29. The van der Waals surface area contributed by atoms with Gasteiger partial charge in [-0.15, -0.1) is 5.92 Å². The lowest BCUT2D eigenvalue weighted by Gasteiger charge is -2.13. The van der Waals surface area contributed by atoms with Crippen LogP contribution >= 0.6 is 0 Å². The molecule has 3 aromatic rings. The van der Waals surface area contributed by atoms with Crippen LogP contribution in [0.1, 0.15) is 29.9 Å². The molecule has 5 N–H and O–H groups in total. The molecule has 0 saturated carbocycles. The molecule has 1 atom stereocenters. The lowest BCUT2D eigenvalue weighted by Crippen LogP contribution is -2.37. The van der Waals surface area contributed by atoms with E-state index in [-0.39, 0.29) is 5.91 Å².